The Morgan fingerprint density at radius 3 is 2.07 bits per heavy atom. The van der Waals surface area contributed by atoms with E-state index in [4.69, 9.17) is 0 Å². The van der Waals surface area contributed by atoms with Crippen LogP contribution in [0.25, 0.3) is 0 Å². The van der Waals surface area contributed by atoms with Crippen molar-refractivity contribution < 1.29 is 0 Å². The van der Waals surface area contributed by atoms with Crippen LogP contribution in [0.15, 0.2) is 42.5 Å². The Hall–Kier alpha value is -0.823. The molecule has 0 radical (unpaired) electrons. The molecule has 0 bridgehead atoms. The van der Waals surface area contributed by atoms with E-state index in [2.05, 4.69) is 69.0 Å². The second-order valence-corrected chi connectivity index (χ2v) is 10.1. The molecule has 1 rings (SSSR count). The van der Waals surface area contributed by atoms with Gasteiger partial charge in [0.1, 0.15) is 0 Å². The van der Waals surface area contributed by atoms with E-state index in [0.29, 0.717) is 5.54 Å². The van der Waals surface area contributed by atoms with Gasteiger partial charge in [-0.15, -0.1) is 0 Å². The quantitative estimate of drug-likeness (QED) is 0.511. The van der Waals surface area contributed by atoms with Crippen LogP contribution < -0.4 is 0 Å². The van der Waals surface area contributed by atoms with E-state index in [1.807, 2.05) is 0 Å². The summed E-state index contributed by atoms with van der Waals surface area (Å²) < 4.78 is 0. The minimum atomic E-state index is -1.14. The molecule has 0 fully saturated rings. The Bertz CT molecular complexity index is 293. The Morgan fingerprint density at radius 2 is 1.64 bits per heavy atom. The molecule has 1 atom stereocenters. The summed E-state index contributed by atoms with van der Waals surface area (Å²) >= 11 is 0. The maximum absolute atomic E-state index is 2.42. The van der Waals surface area contributed by atoms with Crippen molar-refractivity contribution in [3.05, 3.63) is 48.0 Å². The molecule has 0 spiro atoms. The van der Waals surface area contributed by atoms with Gasteiger partial charge in [0, 0.05) is 0 Å². The van der Waals surface area contributed by atoms with E-state index in [1.165, 1.54) is 5.56 Å². The minimum Gasteiger partial charge on any atom is -0.0913 e. The molecule has 0 saturated carbocycles. The molecule has 14 heavy (non-hydrogen) atoms. The minimum absolute atomic E-state index is 0.647. The molecule has 1 heteroatoms. The Morgan fingerprint density at radius 1 is 1.07 bits per heavy atom. The molecule has 0 aliphatic heterocycles. The summed E-state index contributed by atoms with van der Waals surface area (Å²) in [6.07, 6.45) is 4.53. The average molecular weight is 204 g/mol. The lowest BCUT2D eigenvalue weighted by Crippen LogP contribution is -2.29. The molecule has 76 valence electrons. The maximum Gasteiger partial charge on any atom is 0.0565 e. The van der Waals surface area contributed by atoms with Crippen LogP contribution >= 0.6 is 0 Å². The van der Waals surface area contributed by atoms with Gasteiger partial charge in [0.15, 0.2) is 0 Å². The normalized spacial score (nSPS) is 14.6. The van der Waals surface area contributed by atoms with Crippen LogP contribution in [-0.2, 0) is 0 Å². The first kappa shape index (κ1) is 11.3. The molecule has 0 aliphatic carbocycles. The predicted molar refractivity (Wildman–Crippen MR) is 67.3 cm³/mol. The first-order valence-corrected chi connectivity index (χ1v) is 8.81. The Labute approximate surface area is 88.7 Å². The van der Waals surface area contributed by atoms with Crippen molar-refractivity contribution >= 4 is 8.07 Å². The van der Waals surface area contributed by atoms with Crippen LogP contribution in [0, 0.1) is 0 Å². The summed E-state index contributed by atoms with van der Waals surface area (Å²) in [5.74, 6) is 0. The first-order valence-electron chi connectivity index (χ1n) is 5.23. The Balaban J connectivity index is 3.01. The lowest BCUT2D eigenvalue weighted by Gasteiger charge is -2.26. The van der Waals surface area contributed by atoms with Gasteiger partial charge >= 0.3 is 0 Å². The topological polar surface area (TPSA) is 0 Å². The molecule has 0 aliphatic rings. The van der Waals surface area contributed by atoms with Crippen molar-refractivity contribution in [2.45, 2.75) is 32.1 Å². The average Bonchev–Trinajstić information content (AvgIpc) is 2.14. The smallest absolute Gasteiger partial charge is 0.0565 e. The molecule has 1 unspecified atom stereocenters. The highest BCUT2D eigenvalue weighted by Crippen LogP contribution is 2.27. The molecular formula is C13H20Si. The third-order valence-electron chi connectivity index (χ3n) is 2.48. The monoisotopic (exact) mass is 204 g/mol. The van der Waals surface area contributed by atoms with E-state index in [-0.39, 0.29) is 0 Å². The lowest BCUT2D eigenvalue weighted by molar-refractivity contribution is 1.13. The van der Waals surface area contributed by atoms with Gasteiger partial charge < -0.3 is 0 Å². The summed E-state index contributed by atoms with van der Waals surface area (Å²) in [5.41, 5.74) is 2.11. The fourth-order valence-corrected chi connectivity index (χ4v) is 3.71. The van der Waals surface area contributed by atoms with Crippen LogP contribution in [0.3, 0.4) is 0 Å². The van der Waals surface area contributed by atoms with Crippen molar-refractivity contribution in [1.82, 2.24) is 0 Å². The van der Waals surface area contributed by atoms with Gasteiger partial charge in [0.05, 0.1) is 8.07 Å². The molecule has 0 saturated heterocycles. The molecule has 0 heterocycles. The summed E-state index contributed by atoms with van der Waals surface area (Å²) in [7, 11) is -1.14. The van der Waals surface area contributed by atoms with Gasteiger partial charge in [-0.2, -0.15) is 0 Å². The highest BCUT2D eigenvalue weighted by Gasteiger charge is 2.25. The second-order valence-electron chi connectivity index (χ2n) is 4.78. The molecule has 0 N–H and O–H groups in total. The second kappa shape index (κ2) is 4.60. The molecule has 0 aromatic heterocycles. The highest BCUT2D eigenvalue weighted by atomic mass is 28.3. The van der Waals surface area contributed by atoms with Crippen molar-refractivity contribution in [2.24, 2.45) is 0 Å². The van der Waals surface area contributed by atoms with E-state index in [9.17, 15) is 0 Å². The third-order valence-corrected chi connectivity index (χ3v) is 4.87. The Kier molecular flexibility index (Phi) is 3.70. The summed E-state index contributed by atoms with van der Waals surface area (Å²) in [6.45, 7) is 9.37. The van der Waals surface area contributed by atoms with Crippen LogP contribution in [-0.4, -0.2) is 8.07 Å². The fourth-order valence-electron chi connectivity index (χ4n) is 1.75. The van der Waals surface area contributed by atoms with Crippen molar-refractivity contribution in [1.29, 1.82) is 0 Å². The number of allylic oxidation sites excluding steroid dienone is 2. The molecule has 0 amide bonds. The maximum atomic E-state index is 2.42. The highest BCUT2D eigenvalue weighted by molar-refractivity contribution is 6.77. The zero-order valence-electron chi connectivity index (χ0n) is 9.62. The molecule has 0 nitrogen and oxygen atoms in total. The predicted octanol–water partition coefficient (Wildman–Crippen LogP) is 4.22. The molecule has 1 aromatic rings. The van der Waals surface area contributed by atoms with E-state index in [0.717, 1.165) is 0 Å². The van der Waals surface area contributed by atoms with Crippen LogP contribution in [0.1, 0.15) is 18.0 Å². The van der Waals surface area contributed by atoms with E-state index < -0.39 is 8.07 Å². The third kappa shape index (κ3) is 2.84. The number of rotatable bonds is 3. The zero-order chi connectivity index (χ0) is 10.6. The number of hydrogen-bond acceptors (Lipinski definition) is 0. The lowest BCUT2D eigenvalue weighted by atomic mass is 10.1. The van der Waals surface area contributed by atoms with Crippen LogP contribution in [0.4, 0.5) is 0 Å². The number of benzene rings is 1. The van der Waals surface area contributed by atoms with Crippen LogP contribution in [0.5, 0.6) is 0 Å². The number of hydrogen-bond donors (Lipinski definition) is 0. The first-order chi connectivity index (χ1) is 6.55. The van der Waals surface area contributed by atoms with Gasteiger partial charge in [-0.05, 0) is 18.0 Å². The standard InChI is InChI=1S/C13H20Si/c1-5-9-13(14(2,3)4)12-10-7-6-8-11-12/h5-11,13H,1-4H3/b9-5+. The summed E-state index contributed by atoms with van der Waals surface area (Å²) in [6, 6.07) is 10.8. The van der Waals surface area contributed by atoms with Gasteiger partial charge in [-0.25, -0.2) is 0 Å². The summed E-state index contributed by atoms with van der Waals surface area (Å²) in [4.78, 5) is 0. The van der Waals surface area contributed by atoms with E-state index >= 15 is 0 Å². The van der Waals surface area contributed by atoms with Crippen LogP contribution in [0.2, 0.25) is 19.6 Å². The SMILES string of the molecule is C/C=C/C(c1ccccc1)[Si](C)(C)C. The van der Waals surface area contributed by atoms with Crippen molar-refractivity contribution in [3.63, 3.8) is 0 Å². The fraction of sp³-hybridized carbons (Fsp3) is 0.385. The largest absolute Gasteiger partial charge is 0.0913 e. The molecular weight excluding hydrogens is 184 g/mol. The van der Waals surface area contributed by atoms with Gasteiger partial charge in [-0.1, -0.05) is 62.1 Å². The van der Waals surface area contributed by atoms with E-state index in [1.54, 1.807) is 0 Å². The van der Waals surface area contributed by atoms with Crippen molar-refractivity contribution in [2.75, 3.05) is 0 Å². The molecule has 1 aromatic carbocycles. The summed E-state index contributed by atoms with van der Waals surface area (Å²) in [5, 5.41) is 0. The van der Waals surface area contributed by atoms with Crippen molar-refractivity contribution in [3.8, 4) is 0 Å². The zero-order valence-corrected chi connectivity index (χ0v) is 10.6. The van der Waals surface area contributed by atoms with Gasteiger partial charge in [0.2, 0.25) is 0 Å². The van der Waals surface area contributed by atoms with Gasteiger partial charge in [0.25, 0.3) is 0 Å². The van der Waals surface area contributed by atoms with Gasteiger partial charge in [-0.3, -0.25) is 0 Å².